The molecule has 0 saturated heterocycles. The first-order valence-electron chi connectivity index (χ1n) is 6.27. The molecular formula is C14H11F2N3O4. The number of hydrogen-bond donors (Lipinski definition) is 0. The fraction of sp³-hybridized carbons (Fsp3) is 0.143. The Balaban J connectivity index is 2.47. The van der Waals surface area contributed by atoms with Gasteiger partial charge in [0.15, 0.2) is 5.75 Å². The fourth-order valence-corrected chi connectivity index (χ4v) is 1.85. The van der Waals surface area contributed by atoms with Crippen LogP contribution >= 0.6 is 0 Å². The molecule has 0 spiro atoms. The number of nitro benzene ring substituents is 1. The number of rotatable bonds is 6. The summed E-state index contributed by atoms with van der Waals surface area (Å²) in [5, 5.41) is 11.3. The van der Waals surface area contributed by atoms with Crippen LogP contribution in [0.5, 0.6) is 11.5 Å². The van der Waals surface area contributed by atoms with Crippen molar-refractivity contribution in [1.29, 1.82) is 0 Å². The lowest BCUT2D eigenvalue weighted by atomic mass is 10.1. The third-order valence-electron chi connectivity index (χ3n) is 2.77. The Morgan fingerprint density at radius 2 is 2.09 bits per heavy atom. The average Bonchev–Trinajstić information content (AvgIpc) is 2.53. The molecule has 7 nitrogen and oxygen atoms in total. The van der Waals surface area contributed by atoms with E-state index in [4.69, 9.17) is 4.74 Å². The number of methoxy groups -OCH3 is 1. The number of hydrogen-bond acceptors (Lipinski definition) is 6. The van der Waals surface area contributed by atoms with Crippen LogP contribution in [0.2, 0.25) is 0 Å². The lowest BCUT2D eigenvalue weighted by Crippen LogP contribution is -2.05. The number of nitro groups is 1. The molecule has 0 amide bonds. The van der Waals surface area contributed by atoms with Gasteiger partial charge in [0.25, 0.3) is 0 Å². The van der Waals surface area contributed by atoms with Crippen molar-refractivity contribution in [2.75, 3.05) is 7.11 Å². The second kappa shape index (κ2) is 7.25. The summed E-state index contributed by atoms with van der Waals surface area (Å²) in [6.45, 7) is -3.12. The van der Waals surface area contributed by atoms with Crippen LogP contribution < -0.4 is 9.47 Å². The van der Waals surface area contributed by atoms with Crippen molar-refractivity contribution >= 4 is 17.8 Å². The molecule has 0 aliphatic heterocycles. The largest absolute Gasteiger partial charge is 0.488 e. The summed E-state index contributed by atoms with van der Waals surface area (Å²) in [7, 11) is 1.14. The normalized spacial score (nSPS) is 11.0. The van der Waals surface area contributed by atoms with E-state index in [1.54, 1.807) is 6.07 Å². The van der Waals surface area contributed by atoms with E-state index in [2.05, 4.69) is 14.7 Å². The highest BCUT2D eigenvalue weighted by atomic mass is 19.3. The van der Waals surface area contributed by atoms with Crippen molar-refractivity contribution in [3.63, 3.8) is 0 Å². The highest BCUT2D eigenvalue weighted by Crippen LogP contribution is 2.40. The second-order valence-corrected chi connectivity index (χ2v) is 4.14. The predicted octanol–water partition coefficient (Wildman–Crippen LogP) is 3.17. The van der Waals surface area contributed by atoms with Gasteiger partial charge in [-0.1, -0.05) is 0 Å². The van der Waals surface area contributed by atoms with Gasteiger partial charge in [-0.15, -0.1) is 0 Å². The van der Waals surface area contributed by atoms with Crippen molar-refractivity contribution in [3.05, 3.63) is 52.1 Å². The van der Waals surface area contributed by atoms with Gasteiger partial charge in [0.1, 0.15) is 6.33 Å². The van der Waals surface area contributed by atoms with Crippen LogP contribution in [0.3, 0.4) is 0 Å². The molecule has 1 heterocycles. The number of aromatic nitrogens is 2. The van der Waals surface area contributed by atoms with Crippen molar-refractivity contribution in [1.82, 2.24) is 9.97 Å². The van der Waals surface area contributed by atoms with Crippen LogP contribution in [-0.2, 0) is 0 Å². The smallest absolute Gasteiger partial charge is 0.387 e. The molecule has 0 saturated carbocycles. The summed E-state index contributed by atoms with van der Waals surface area (Å²) >= 11 is 0. The minimum atomic E-state index is -3.12. The molecule has 23 heavy (non-hydrogen) atoms. The summed E-state index contributed by atoms with van der Waals surface area (Å²) in [5.41, 5.74) is 0.212. The van der Waals surface area contributed by atoms with Gasteiger partial charge in [-0.2, -0.15) is 8.78 Å². The molecule has 0 aliphatic rings. The van der Waals surface area contributed by atoms with E-state index in [0.29, 0.717) is 5.69 Å². The number of ether oxygens (including phenoxy) is 2. The molecule has 9 heteroatoms. The van der Waals surface area contributed by atoms with E-state index in [1.807, 2.05) is 0 Å². The summed E-state index contributed by atoms with van der Waals surface area (Å²) in [5.74, 6) is -0.784. The number of alkyl halides is 2. The van der Waals surface area contributed by atoms with E-state index >= 15 is 0 Å². The zero-order chi connectivity index (χ0) is 16.8. The summed E-state index contributed by atoms with van der Waals surface area (Å²) in [4.78, 5) is 18.2. The van der Waals surface area contributed by atoms with Crippen molar-refractivity contribution < 1.29 is 23.2 Å². The zero-order valence-electron chi connectivity index (χ0n) is 11.8. The van der Waals surface area contributed by atoms with E-state index in [0.717, 1.165) is 7.11 Å². The van der Waals surface area contributed by atoms with Crippen LogP contribution in [-0.4, -0.2) is 28.6 Å². The molecule has 0 N–H and O–H groups in total. The average molecular weight is 323 g/mol. The maximum atomic E-state index is 12.4. The molecule has 0 atom stereocenters. The summed E-state index contributed by atoms with van der Waals surface area (Å²) < 4.78 is 33.8. The van der Waals surface area contributed by atoms with Gasteiger partial charge in [0.05, 0.1) is 23.3 Å². The third-order valence-corrected chi connectivity index (χ3v) is 2.77. The van der Waals surface area contributed by atoms with Crippen molar-refractivity contribution in [3.8, 4) is 11.5 Å². The van der Waals surface area contributed by atoms with Crippen LogP contribution in [0.4, 0.5) is 14.5 Å². The Morgan fingerprint density at radius 1 is 1.30 bits per heavy atom. The first kappa shape index (κ1) is 16.3. The van der Waals surface area contributed by atoms with Crippen molar-refractivity contribution in [2.24, 2.45) is 0 Å². The molecule has 1 aromatic heterocycles. The van der Waals surface area contributed by atoms with Crippen LogP contribution in [0.15, 0.2) is 30.7 Å². The highest BCUT2D eigenvalue weighted by Gasteiger charge is 2.25. The van der Waals surface area contributed by atoms with Crippen LogP contribution in [0, 0.1) is 10.1 Å². The van der Waals surface area contributed by atoms with Gasteiger partial charge >= 0.3 is 12.3 Å². The van der Waals surface area contributed by atoms with Crippen LogP contribution in [0.25, 0.3) is 12.2 Å². The maximum Gasteiger partial charge on any atom is 0.387 e. The minimum absolute atomic E-state index is 0.159. The Kier molecular flexibility index (Phi) is 5.13. The summed E-state index contributed by atoms with van der Waals surface area (Å²) in [6.07, 6.45) is 5.79. The number of benzene rings is 1. The fourth-order valence-electron chi connectivity index (χ4n) is 1.85. The minimum Gasteiger partial charge on any atom is -0.488 e. The zero-order valence-corrected chi connectivity index (χ0v) is 11.8. The predicted molar refractivity (Wildman–Crippen MR) is 77.2 cm³/mol. The quantitative estimate of drug-likeness (QED) is 0.599. The maximum absolute atomic E-state index is 12.4. The molecule has 2 aromatic rings. The summed E-state index contributed by atoms with van der Waals surface area (Å²) in [6, 6.07) is 4.07. The molecule has 120 valence electrons. The molecular weight excluding hydrogens is 312 g/mol. The molecule has 0 unspecified atom stereocenters. The van der Waals surface area contributed by atoms with Gasteiger partial charge in [-0.25, -0.2) is 9.97 Å². The molecule has 0 aliphatic carbocycles. The first-order valence-corrected chi connectivity index (χ1v) is 6.27. The van der Waals surface area contributed by atoms with E-state index in [9.17, 15) is 18.9 Å². The molecule has 2 rings (SSSR count). The lowest BCUT2D eigenvalue weighted by molar-refractivity contribution is -0.386. The topological polar surface area (TPSA) is 87.4 Å². The third kappa shape index (κ3) is 3.96. The van der Waals surface area contributed by atoms with E-state index < -0.39 is 23.0 Å². The van der Waals surface area contributed by atoms with Gasteiger partial charge in [-0.3, -0.25) is 10.1 Å². The molecule has 0 bridgehead atoms. The van der Waals surface area contributed by atoms with Crippen LogP contribution in [0.1, 0.15) is 11.3 Å². The molecule has 1 aromatic carbocycles. The SMILES string of the molecule is COc1c(OC(F)F)ccc(/C=C/c2ccncn2)c1[N+](=O)[O-]. The standard InChI is InChI=1S/C14H11F2N3O4/c1-22-13-11(23-14(15)16)5-3-9(12(13)19(20)21)2-4-10-6-7-17-8-18-10/h2-8,14H,1H3/b4-2+. The first-order chi connectivity index (χ1) is 11.0. The van der Waals surface area contributed by atoms with E-state index in [1.165, 1.54) is 36.8 Å². The lowest BCUT2D eigenvalue weighted by Gasteiger charge is -2.11. The Bertz CT molecular complexity index is 723. The van der Waals surface area contributed by atoms with Crippen molar-refractivity contribution in [2.45, 2.75) is 6.61 Å². The Morgan fingerprint density at radius 3 is 2.65 bits per heavy atom. The molecule has 0 radical (unpaired) electrons. The van der Waals surface area contributed by atoms with Gasteiger partial charge < -0.3 is 9.47 Å². The number of nitrogens with zero attached hydrogens (tertiary/aromatic N) is 3. The Hall–Kier alpha value is -3.10. The van der Waals surface area contributed by atoms with Gasteiger partial charge in [0.2, 0.25) is 5.75 Å². The Labute approximate surface area is 129 Å². The number of halogens is 2. The second-order valence-electron chi connectivity index (χ2n) is 4.14. The van der Waals surface area contributed by atoms with E-state index in [-0.39, 0.29) is 11.3 Å². The van der Waals surface area contributed by atoms with Gasteiger partial charge in [-0.05, 0) is 30.4 Å². The monoisotopic (exact) mass is 323 g/mol. The highest BCUT2D eigenvalue weighted by molar-refractivity contribution is 5.77. The van der Waals surface area contributed by atoms with Gasteiger partial charge in [0, 0.05) is 6.20 Å². The molecule has 0 fully saturated rings.